The molecule has 0 aromatic carbocycles. The molecule has 2 heterocycles. The topological polar surface area (TPSA) is 62.3 Å². The Kier molecular flexibility index (Phi) is 5.22. The van der Waals surface area contributed by atoms with Crippen LogP contribution in [0.25, 0.3) is 0 Å². The second-order valence-electron chi connectivity index (χ2n) is 5.77. The van der Waals surface area contributed by atoms with Gasteiger partial charge in [-0.25, -0.2) is 8.42 Å². The lowest BCUT2D eigenvalue weighted by Gasteiger charge is -2.37. The third-order valence-electron chi connectivity index (χ3n) is 4.25. The first-order valence-electron chi connectivity index (χ1n) is 7.68. The van der Waals surface area contributed by atoms with E-state index >= 15 is 0 Å². The lowest BCUT2D eigenvalue weighted by molar-refractivity contribution is 0.202. The molecule has 2 rings (SSSR count). The van der Waals surface area contributed by atoms with Crippen molar-refractivity contribution >= 4 is 15.7 Å². The Balaban J connectivity index is 2.35. The Labute approximate surface area is 127 Å². The molecule has 0 saturated carbocycles. The fourth-order valence-electron chi connectivity index (χ4n) is 2.75. The molecule has 0 amide bonds. The van der Waals surface area contributed by atoms with E-state index in [1.54, 1.807) is 16.6 Å². The smallest absolute Gasteiger partial charge is 0.246 e. The normalized spacial score (nSPS) is 24.0. The van der Waals surface area contributed by atoms with Gasteiger partial charge in [-0.2, -0.15) is 4.31 Å². The number of anilines is 1. The summed E-state index contributed by atoms with van der Waals surface area (Å²) in [6.07, 6.45) is 6.03. The molecule has 1 aliphatic heterocycles. The molecule has 1 aliphatic rings. The minimum absolute atomic E-state index is 0.0305. The van der Waals surface area contributed by atoms with Crippen LogP contribution in [0.2, 0.25) is 0 Å². The number of pyridine rings is 1. The molecule has 1 N–H and O–H groups in total. The summed E-state index contributed by atoms with van der Waals surface area (Å²) in [7, 11) is -3.50. The van der Waals surface area contributed by atoms with Gasteiger partial charge in [0.2, 0.25) is 10.0 Å². The molecule has 1 saturated heterocycles. The molecule has 0 bridgehead atoms. The van der Waals surface area contributed by atoms with E-state index in [1.807, 2.05) is 6.92 Å². The summed E-state index contributed by atoms with van der Waals surface area (Å²) in [6, 6.07) is 1.77. The van der Waals surface area contributed by atoms with E-state index in [-0.39, 0.29) is 6.04 Å². The van der Waals surface area contributed by atoms with Crippen molar-refractivity contribution < 1.29 is 8.42 Å². The average molecular weight is 311 g/mol. The molecule has 5 nitrogen and oxygen atoms in total. The van der Waals surface area contributed by atoms with Crippen LogP contribution in [0.5, 0.6) is 0 Å². The molecule has 118 valence electrons. The standard InChI is InChI=1S/C15H25N3O2S/c1-4-8-17-14-7-9-16-11-15(14)21(19,20)18-10-5-6-12(2)13(18)3/h7,9,11-13H,4-6,8,10H2,1-3H3,(H,16,17). The van der Waals surface area contributed by atoms with Crippen LogP contribution in [0.4, 0.5) is 5.69 Å². The minimum atomic E-state index is -3.50. The van der Waals surface area contributed by atoms with Gasteiger partial charge in [0, 0.05) is 31.5 Å². The van der Waals surface area contributed by atoms with Crippen LogP contribution in [0, 0.1) is 5.92 Å². The number of rotatable bonds is 5. The molecule has 1 aromatic heterocycles. The maximum Gasteiger partial charge on any atom is 0.246 e. The quantitative estimate of drug-likeness (QED) is 0.908. The molecule has 2 unspecified atom stereocenters. The number of hydrogen-bond acceptors (Lipinski definition) is 4. The first-order valence-corrected chi connectivity index (χ1v) is 9.12. The fourth-order valence-corrected chi connectivity index (χ4v) is 4.63. The van der Waals surface area contributed by atoms with E-state index in [9.17, 15) is 8.42 Å². The van der Waals surface area contributed by atoms with Crippen LogP contribution in [0.15, 0.2) is 23.4 Å². The molecular formula is C15H25N3O2S. The Morgan fingerprint density at radius 3 is 2.90 bits per heavy atom. The van der Waals surface area contributed by atoms with Crippen molar-refractivity contribution in [2.75, 3.05) is 18.4 Å². The lowest BCUT2D eigenvalue weighted by Crippen LogP contribution is -2.46. The maximum absolute atomic E-state index is 13.0. The summed E-state index contributed by atoms with van der Waals surface area (Å²) in [4.78, 5) is 4.30. The fraction of sp³-hybridized carbons (Fsp3) is 0.667. The highest BCUT2D eigenvalue weighted by atomic mass is 32.2. The van der Waals surface area contributed by atoms with Crippen molar-refractivity contribution in [1.29, 1.82) is 0 Å². The highest BCUT2D eigenvalue weighted by Crippen LogP contribution is 2.31. The first kappa shape index (κ1) is 16.2. The van der Waals surface area contributed by atoms with E-state index in [4.69, 9.17) is 0 Å². The largest absolute Gasteiger partial charge is 0.384 e. The minimum Gasteiger partial charge on any atom is -0.384 e. The Hall–Kier alpha value is -1.14. The molecule has 1 aromatic rings. The van der Waals surface area contributed by atoms with Crippen molar-refractivity contribution in [1.82, 2.24) is 9.29 Å². The van der Waals surface area contributed by atoms with Crippen molar-refractivity contribution in [3.05, 3.63) is 18.5 Å². The number of sulfonamides is 1. The van der Waals surface area contributed by atoms with Crippen LogP contribution in [-0.4, -0.2) is 36.8 Å². The molecule has 2 atom stereocenters. The van der Waals surface area contributed by atoms with E-state index < -0.39 is 10.0 Å². The summed E-state index contributed by atoms with van der Waals surface area (Å²) in [5.74, 6) is 0.386. The van der Waals surface area contributed by atoms with Crippen LogP contribution >= 0.6 is 0 Å². The van der Waals surface area contributed by atoms with Crippen LogP contribution in [-0.2, 0) is 10.0 Å². The van der Waals surface area contributed by atoms with Crippen LogP contribution < -0.4 is 5.32 Å². The van der Waals surface area contributed by atoms with E-state index in [2.05, 4.69) is 24.1 Å². The van der Waals surface area contributed by atoms with Crippen LogP contribution in [0.3, 0.4) is 0 Å². The summed E-state index contributed by atoms with van der Waals surface area (Å²) in [6.45, 7) is 7.51. The molecular weight excluding hydrogens is 286 g/mol. The average Bonchev–Trinajstić information content (AvgIpc) is 2.48. The predicted molar refractivity (Wildman–Crippen MR) is 84.8 cm³/mol. The van der Waals surface area contributed by atoms with Gasteiger partial charge in [0.1, 0.15) is 4.90 Å². The van der Waals surface area contributed by atoms with Crippen molar-refractivity contribution in [3.8, 4) is 0 Å². The summed E-state index contributed by atoms with van der Waals surface area (Å²) in [5, 5.41) is 3.19. The molecule has 0 spiro atoms. The van der Waals surface area contributed by atoms with Gasteiger partial charge in [0.15, 0.2) is 0 Å². The SMILES string of the molecule is CCCNc1ccncc1S(=O)(=O)N1CCCC(C)C1C. The monoisotopic (exact) mass is 311 g/mol. The Morgan fingerprint density at radius 1 is 1.43 bits per heavy atom. The number of hydrogen-bond donors (Lipinski definition) is 1. The molecule has 1 fully saturated rings. The molecule has 6 heteroatoms. The second kappa shape index (κ2) is 6.75. The van der Waals surface area contributed by atoms with Gasteiger partial charge in [0.05, 0.1) is 5.69 Å². The molecule has 0 radical (unpaired) electrons. The number of piperidine rings is 1. The van der Waals surface area contributed by atoms with Gasteiger partial charge in [0.25, 0.3) is 0 Å². The van der Waals surface area contributed by atoms with Gasteiger partial charge in [-0.3, -0.25) is 4.98 Å². The zero-order valence-electron chi connectivity index (χ0n) is 13.0. The third-order valence-corrected chi connectivity index (χ3v) is 6.27. The second-order valence-corrected chi connectivity index (χ2v) is 7.63. The number of nitrogens with one attached hydrogen (secondary N) is 1. The summed E-state index contributed by atoms with van der Waals surface area (Å²) in [5.41, 5.74) is 0.650. The zero-order chi connectivity index (χ0) is 15.5. The molecule has 0 aliphatic carbocycles. The Morgan fingerprint density at radius 2 is 2.19 bits per heavy atom. The third kappa shape index (κ3) is 3.37. The van der Waals surface area contributed by atoms with Gasteiger partial charge < -0.3 is 5.32 Å². The molecule has 21 heavy (non-hydrogen) atoms. The van der Waals surface area contributed by atoms with Crippen molar-refractivity contribution in [2.45, 2.75) is 51.0 Å². The maximum atomic E-state index is 13.0. The summed E-state index contributed by atoms with van der Waals surface area (Å²) >= 11 is 0. The zero-order valence-corrected chi connectivity index (χ0v) is 13.9. The first-order chi connectivity index (χ1) is 9.98. The predicted octanol–water partition coefficient (Wildman–Crippen LogP) is 2.71. The van der Waals surface area contributed by atoms with E-state index in [0.29, 0.717) is 23.0 Å². The van der Waals surface area contributed by atoms with Gasteiger partial charge in [-0.1, -0.05) is 13.8 Å². The van der Waals surface area contributed by atoms with Crippen molar-refractivity contribution in [2.24, 2.45) is 5.92 Å². The van der Waals surface area contributed by atoms with Crippen LogP contribution in [0.1, 0.15) is 40.0 Å². The van der Waals surface area contributed by atoms with Gasteiger partial charge in [-0.15, -0.1) is 0 Å². The highest BCUT2D eigenvalue weighted by molar-refractivity contribution is 7.89. The lowest BCUT2D eigenvalue weighted by atomic mass is 9.94. The van der Waals surface area contributed by atoms with Crippen molar-refractivity contribution in [3.63, 3.8) is 0 Å². The van der Waals surface area contributed by atoms with E-state index in [0.717, 1.165) is 25.8 Å². The van der Waals surface area contributed by atoms with Gasteiger partial charge in [-0.05, 0) is 38.2 Å². The van der Waals surface area contributed by atoms with E-state index in [1.165, 1.54) is 6.20 Å². The summed E-state index contributed by atoms with van der Waals surface area (Å²) < 4.78 is 27.6. The number of nitrogens with zero attached hydrogens (tertiary/aromatic N) is 2. The highest BCUT2D eigenvalue weighted by Gasteiger charge is 2.35. The Bertz CT molecular complexity index is 574. The number of aromatic nitrogens is 1. The van der Waals surface area contributed by atoms with Gasteiger partial charge >= 0.3 is 0 Å².